The smallest absolute Gasteiger partial charge is 0.321 e. The number of aryl methyl sites for hydroxylation is 1. The zero-order valence-electron chi connectivity index (χ0n) is 23.9. The highest BCUT2D eigenvalue weighted by molar-refractivity contribution is 7.90. The van der Waals surface area contributed by atoms with Gasteiger partial charge < -0.3 is 10.1 Å². The van der Waals surface area contributed by atoms with E-state index in [1.165, 1.54) is 15.6 Å². The Bertz CT molecular complexity index is 1710. The van der Waals surface area contributed by atoms with E-state index in [2.05, 4.69) is 40.2 Å². The van der Waals surface area contributed by atoms with Crippen LogP contribution in [0, 0.1) is 6.92 Å². The van der Waals surface area contributed by atoms with Crippen LogP contribution in [0.2, 0.25) is 0 Å². The van der Waals surface area contributed by atoms with Crippen molar-refractivity contribution < 1.29 is 17.9 Å². The topological polar surface area (TPSA) is 155 Å². The molecule has 0 spiro atoms. The number of aromatic nitrogens is 4. The molecule has 1 aromatic carbocycles. The molecular weight excluding hydrogens is 591 g/mol. The summed E-state index contributed by atoms with van der Waals surface area (Å²) in [7, 11) is -3.80. The predicted octanol–water partition coefficient (Wildman–Crippen LogP) is 3.33. The monoisotopic (exact) mass is 623 g/mol. The SMILES string of the molecule is CCNC(=O)Nc1nc2cc(-c3cnc(NS(=O)(=O)N4CCC(N5CCOCC5)C4)nc3)cc(-c3ccc(C)cn3)c2s1. The average molecular weight is 624 g/mol. The second-order valence-corrected chi connectivity index (χ2v) is 13.1. The molecule has 2 fully saturated rings. The van der Waals surface area contributed by atoms with Gasteiger partial charge in [0.1, 0.15) is 0 Å². The number of rotatable bonds is 8. The molecule has 4 aromatic rings. The molecule has 0 radical (unpaired) electrons. The molecule has 43 heavy (non-hydrogen) atoms. The third-order valence-corrected chi connectivity index (χ3v) is 9.94. The summed E-state index contributed by atoms with van der Waals surface area (Å²) in [5, 5.41) is 5.96. The minimum Gasteiger partial charge on any atom is -0.379 e. The van der Waals surface area contributed by atoms with Crippen LogP contribution in [0.5, 0.6) is 0 Å². The molecule has 13 nitrogen and oxygen atoms in total. The largest absolute Gasteiger partial charge is 0.379 e. The van der Waals surface area contributed by atoms with Gasteiger partial charge in [0, 0.05) is 68.5 Å². The zero-order chi connectivity index (χ0) is 30.0. The number of morpholine rings is 1. The van der Waals surface area contributed by atoms with Gasteiger partial charge in [-0.05, 0) is 49.6 Å². The number of fused-ring (bicyclic) bond motifs is 1. The standard InChI is InChI=1S/C28H33N9O4S2/c1-3-29-27(38)34-28-33-24-13-19(12-22(25(24)42-28)23-5-4-18(2)14-30-23)20-15-31-26(32-16-20)35-43(39,40)37-7-6-21(17-37)36-8-10-41-11-9-36/h4-5,12-16,21H,3,6-11,17H2,1-2H3,(H,31,32,35)(H2,29,33,34,38). The lowest BCUT2D eigenvalue weighted by atomic mass is 10.0. The van der Waals surface area contributed by atoms with Gasteiger partial charge in [-0.1, -0.05) is 17.4 Å². The minimum atomic E-state index is -3.80. The summed E-state index contributed by atoms with van der Waals surface area (Å²) in [5.74, 6) is 0.00200. The fourth-order valence-electron chi connectivity index (χ4n) is 5.25. The highest BCUT2D eigenvalue weighted by Gasteiger charge is 2.35. The van der Waals surface area contributed by atoms with Gasteiger partial charge >= 0.3 is 16.2 Å². The maximum absolute atomic E-state index is 13.1. The molecule has 1 unspecified atom stereocenters. The van der Waals surface area contributed by atoms with Crippen molar-refractivity contribution in [3.8, 4) is 22.4 Å². The van der Waals surface area contributed by atoms with Crippen LogP contribution in [-0.4, -0.2) is 95.6 Å². The van der Waals surface area contributed by atoms with Crippen molar-refractivity contribution in [3.63, 3.8) is 0 Å². The molecule has 6 rings (SSSR count). The summed E-state index contributed by atoms with van der Waals surface area (Å²) < 4.78 is 36.5. The number of anilines is 2. The minimum absolute atomic E-state index is 0.00200. The normalized spacial score (nSPS) is 18.1. The van der Waals surface area contributed by atoms with Crippen LogP contribution in [0.1, 0.15) is 18.9 Å². The number of hydrogen-bond acceptors (Lipinski definition) is 10. The molecule has 3 aromatic heterocycles. The molecule has 2 amide bonds. The molecule has 5 heterocycles. The predicted molar refractivity (Wildman–Crippen MR) is 166 cm³/mol. The Morgan fingerprint density at radius 1 is 1.07 bits per heavy atom. The number of pyridine rings is 1. The molecule has 226 valence electrons. The number of carbonyl (C=O) groups excluding carboxylic acids is 1. The number of thiazole rings is 1. The third kappa shape index (κ3) is 6.60. The Hall–Kier alpha value is -3.76. The van der Waals surface area contributed by atoms with Crippen LogP contribution in [0.25, 0.3) is 32.6 Å². The highest BCUT2D eigenvalue weighted by Crippen LogP contribution is 2.38. The number of nitrogens with zero attached hydrogens (tertiary/aromatic N) is 6. The van der Waals surface area contributed by atoms with E-state index in [0.29, 0.717) is 49.1 Å². The number of amides is 2. The average Bonchev–Trinajstić information content (AvgIpc) is 3.66. The number of carbonyl (C=O) groups is 1. The first-order chi connectivity index (χ1) is 20.8. The summed E-state index contributed by atoms with van der Waals surface area (Å²) >= 11 is 1.37. The Morgan fingerprint density at radius 3 is 2.58 bits per heavy atom. The van der Waals surface area contributed by atoms with E-state index in [1.54, 1.807) is 18.6 Å². The van der Waals surface area contributed by atoms with E-state index in [0.717, 1.165) is 46.6 Å². The van der Waals surface area contributed by atoms with E-state index < -0.39 is 10.2 Å². The molecular formula is C28H33N9O4S2. The molecule has 1 atom stereocenters. The quantitative estimate of drug-likeness (QED) is 0.268. The fraction of sp³-hybridized carbons (Fsp3) is 0.393. The van der Waals surface area contributed by atoms with Gasteiger partial charge in [0.2, 0.25) is 5.95 Å². The molecule has 2 aliphatic rings. The van der Waals surface area contributed by atoms with Gasteiger partial charge in [-0.25, -0.2) is 24.5 Å². The van der Waals surface area contributed by atoms with E-state index >= 15 is 0 Å². The van der Waals surface area contributed by atoms with Crippen molar-refractivity contribution in [1.29, 1.82) is 0 Å². The van der Waals surface area contributed by atoms with Gasteiger partial charge in [0.25, 0.3) is 0 Å². The molecule has 0 saturated carbocycles. The fourth-order valence-corrected chi connectivity index (χ4v) is 7.39. The first-order valence-electron chi connectivity index (χ1n) is 14.1. The van der Waals surface area contributed by atoms with Crippen molar-refractivity contribution in [2.24, 2.45) is 0 Å². The van der Waals surface area contributed by atoms with E-state index in [1.807, 2.05) is 38.1 Å². The lowest BCUT2D eigenvalue weighted by Gasteiger charge is -2.32. The lowest BCUT2D eigenvalue weighted by molar-refractivity contribution is 0.0197. The molecule has 0 aliphatic carbocycles. The number of urea groups is 1. The van der Waals surface area contributed by atoms with Crippen LogP contribution in [0.4, 0.5) is 15.9 Å². The van der Waals surface area contributed by atoms with Crippen molar-refractivity contribution in [1.82, 2.24) is 34.5 Å². The Balaban J connectivity index is 1.24. The lowest BCUT2D eigenvalue weighted by Crippen LogP contribution is -2.45. The van der Waals surface area contributed by atoms with Gasteiger partial charge in [-0.3, -0.25) is 15.2 Å². The second kappa shape index (κ2) is 12.5. The van der Waals surface area contributed by atoms with Gasteiger partial charge in [-0.15, -0.1) is 0 Å². The second-order valence-electron chi connectivity index (χ2n) is 10.4. The molecule has 15 heteroatoms. The zero-order valence-corrected chi connectivity index (χ0v) is 25.5. The van der Waals surface area contributed by atoms with Gasteiger partial charge in [0.15, 0.2) is 5.13 Å². The Labute approximate surface area is 253 Å². The highest BCUT2D eigenvalue weighted by atomic mass is 32.2. The third-order valence-electron chi connectivity index (χ3n) is 7.47. The number of benzene rings is 1. The summed E-state index contributed by atoms with van der Waals surface area (Å²) in [5.41, 5.74) is 4.79. The van der Waals surface area contributed by atoms with Crippen LogP contribution in [-0.2, 0) is 14.9 Å². The van der Waals surface area contributed by atoms with Gasteiger partial charge in [0.05, 0.1) is 29.1 Å². The molecule has 2 aliphatic heterocycles. The first kappa shape index (κ1) is 29.3. The molecule has 0 bridgehead atoms. The van der Waals surface area contributed by atoms with Crippen LogP contribution in [0.15, 0.2) is 42.9 Å². The maximum atomic E-state index is 13.1. The summed E-state index contributed by atoms with van der Waals surface area (Å²) in [4.78, 5) is 32.3. The van der Waals surface area contributed by atoms with E-state index in [9.17, 15) is 13.2 Å². The van der Waals surface area contributed by atoms with E-state index in [-0.39, 0.29) is 18.0 Å². The summed E-state index contributed by atoms with van der Waals surface area (Å²) in [6.07, 6.45) is 5.74. The summed E-state index contributed by atoms with van der Waals surface area (Å²) in [6.45, 7) is 8.17. The van der Waals surface area contributed by atoms with E-state index in [4.69, 9.17) is 4.74 Å². The van der Waals surface area contributed by atoms with Crippen LogP contribution < -0.4 is 15.4 Å². The van der Waals surface area contributed by atoms with Crippen molar-refractivity contribution in [2.75, 3.05) is 56.0 Å². The van der Waals surface area contributed by atoms with Crippen molar-refractivity contribution in [3.05, 3.63) is 48.4 Å². The number of ether oxygens (including phenoxy) is 1. The van der Waals surface area contributed by atoms with Gasteiger partial charge in [-0.2, -0.15) is 12.7 Å². The number of nitrogens with one attached hydrogen (secondary N) is 3. The van der Waals surface area contributed by atoms with Crippen molar-refractivity contribution in [2.45, 2.75) is 26.3 Å². The van der Waals surface area contributed by atoms with Crippen LogP contribution in [0.3, 0.4) is 0 Å². The molecule has 2 saturated heterocycles. The number of hydrogen-bond donors (Lipinski definition) is 3. The maximum Gasteiger partial charge on any atom is 0.321 e. The van der Waals surface area contributed by atoms with Crippen molar-refractivity contribution >= 4 is 48.9 Å². The Morgan fingerprint density at radius 2 is 1.86 bits per heavy atom. The first-order valence-corrected chi connectivity index (χ1v) is 16.4. The molecule has 3 N–H and O–H groups in total. The Kier molecular flexibility index (Phi) is 8.50. The summed E-state index contributed by atoms with van der Waals surface area (Å²) in [6, 6.07) is 7.66. The van der Waals surface area contributed by atoms with Crippen LogP contribution >= 0.6 is 11.3 Å².